The van der Waals surface area contributed by atoms with Crippen LogP contribution in [0.25, 0.3) is 0 Å². The van der Waals surface area contributed by atoms with Gasteiger partial charge in [0.25, 0.3) is 0 Å². The van der Waals surface area contributed by atoms with Crippen molar-refractivity contribution in [2.24, 2.45) is 0 Å². The van der Waals surface area contributed by atoms with Gasteiger partial charge in [-0.1, -0.05) is 42.3 Å². The minimum Gasteiger partial charge on any atom is -0.496 e. The van der Waals surface area contributed by atoms with Crippen molar-refractivity contribution in [1.82, 2.24) is 10.2 Å². The number of nitrogens with one attached hydrogen (secondary N) is 1. The lowest BCUT2D eigenvalue weighted by molar-refractivity contribution is -0.120. The van der Waals surface area contributed by atoms with Crippen LogP contribution in [0.4, 0.5) is 0 Å². The second kappa shape index (κ2) is 9.77. The summed E-state index contributed by atoms with van der Waals surface area (Å²) >= 11 is 6.02. The highest BCUT2D eigenvalue weighted by molar-refractivity contribution is 6.30. The average Bonchev–Trinajstić information content (AvgIpc) is 2.68. The molecule has 2 aromatic rings. The molecular weight excluding hydrogens is 360 g/mol. The van der Waals surface area contributed by atoms with Crippen LogP contribution in [0.2, 0.25) is 5.02 Å². The van der Waals surface area contributed by atoms with Crippen molar-refractivity contribution in [1.29, 1.82) is 0 Å². The molecular formula is C22H27ClN2O2. The number of hydrogen-bond acceptors (Lipinski definition) is 3. The van der Waals surface area contributed by atoms with E-state index in [-0.39, 0.29) is 12.3 Å². The number of likely N-dealkylation sites (tertiary alicyclic amines) is 1. The van der Waals surface area contributed by atoms with E-state index in [0.717, 1.165) is 17.7 Å². The molecule has 1 heterocycles. The topological polar surface area (TPSA) is 41.6 Å². The zero-order valence-electron chi connectivity index (χ0n) is 15.8. The van der Waals surface area contributed by atoms with Crippen molar-refractivity contribution in [3.63, 3.8) is 0 Å². The van der Waals surface area contributed by atoms with Crippen LogP contribution in [0, 0.1) is 0 Å². The quantitative estimate of drug-likeness (QED) is 0.775. The van der Waals surface area contributed by atoms with E-state index in [0.29, 0.717) is 17.3 Å². The number of ether oxygens (including phenoxy) is 1. The summed E-state index contributed by atoms with van der Waals surface area (Å²) in [6, 6.07) is 13.8. The van der Waals surface area contributed by atoms with Crippen molar-refractivity contribution in [3.05, 3.63) is 64.2 Å². The second-order valence-corrected chi connectivity index (χ2v) is 7.50. The van der Waals surface area contributed by atoms with Gasteiger partial charge < -0.3 is 10.1 Å². The second-order valence-electron chi connectivity index (χ2n) is 7.06. The van der Waals surface area contributed by atoms with Gasteiger partial charge in [-0.05, 0) is 55.3 Å². The minimum absolute atomic E-state index is 0.0482. The van der Waals surface area contributed by atoms with Gasteiger partial charge in [-0.25, -0.2) is 0 Å². The molecule has 27 heavy (non-hydrogen) atoms. The average molecular weight is 387 g/mol. The number of carbonyl (C=O) groups is 1. The van der Waals surface area contributed by atoms with Crippen molar-refractivity contribution in [2.75, 3.05) is 20.2 Å². The van der Waals surface area contributed by atoms with Gasteiger partial charge in [0.2, 0.25) is 5.91 Å². The van der Waals surface area contributed by atoms with Crippen LogP contribution in [0.5, 0.6) is 5.75 Å². The maximum atomic E-state index is 12.3. The number of carbonyl (C=O) groups excluding carboxylic acids is 1. The highest BCUT2D eigenvalue weighted by Crippen LogP contribution is 2.23. The molecule has 5 heteroatoms. The van der Waals surface area contributed by atoms with Crippen molar-refractivity contribution in [2.45, 2.75) is 38.8 Å². The van der Waals surface area contributed by atoms with Crippen LogP contribution in [0.1, 0.15) is 36.0 Å². The van der Waals surface area contributed by atoms with Crippen molar-refractivity contribution < 1.29 is 9.53 Å². The molecule has 144 valence electrons. The number of hydrogen-bond donors (Lipinski definition) is 1. The fraction of sp³-hybridized carbons (Fsp3) is 0.409. The van der Waals surface area contributed by atoms with Gasteiger partial charge in [0.15, 0.2) is 0 Å². The lowest BCUT2D eigenvalue weighted by Gasteiger charge is -2.26. The Morgan fingerprint density at radius 1 is 1.07 bits per heavy atom. The first-order valence-corrected chi connectivity index (χ1v) is 9.91. The SMILES string of the molecule is COc1ccc(Cl)cc1CC(=O)NCc1ccc(CN2CCCCC2)cc1. The number of halogens is 1. The van der Waals surface area contributed by atoms with Gasteiger partial charge in [-0.3, -0.25) is 9.69 Å². The van der Waals surface area contributed by atoms with E-state index < -0.39 is 0 Å². The third-order valence-electron chi connectivity index (χ3n) is 4.96. The van der Waals surface area contributed by atoms with Crippen LogP contribution in [0.15, 0.2) is 42.5 Å². The van der Waals surface area contributed by atoms with E-state index >= 15 is 0 Å². The Morgan fingerprint density at radius 2 is 1.78 bits per heavy atom. The third kappa shape index (κ3) is 5.98. The molecule has 1 aliphatic rings. The van der Waals surface area contributed by atoms with Crippen LogP contribution in [-0.2, 0) is 24.3 Å². The maximum Gasteiger partial charge on any atom is 0.224 e. The molecule has 1 saturated heterocycles. The molecule has 1 aliphatic heterocycles. The largest absolute Gasteiger partial charge is 0.496 e. The molecule has 0 atom stereocenters. The van der Waals surface area contributed by atoms with Gasteiger partial charge in [0.05, 0.1) is 13.5 Å². The smallest absolute Gasteiger partial charge is 0.224 e. The summed E-state index contributed by atoms with van der Waals surface area (Å²) in [5.41, 5.74) is 3.22. The Balaban J connectivity index is 1.49. The van der Waals surface area contributed by atoms with E-state index in [4.69, 9.17) is 16.3 Å². The monoisotopic (exact) mass is 386 g/mol. The molecule has 0 unspecified atom stereocenters. The number of rotatable bonds is 7. The molecule has 0 bridgehead atoms. The highest BCUT2D eigenvalue weighted by atomic mass is 35.5. The summed E-state index contributed by atoms with van der Waals surface area (Å²) in [4.78, 5) is 14.8. The van der Waals surface area contributed by atoms with Crippen molar-refractivity contribution in [3.8, 4) is 5.75 Å². The van der Waals surface area contributed by atoms with E-state index in [1.807, 2.05) is 0 Å². The van der Waals surface area contributed by atoms with Crippen LogP contribution in [0.3, 0.4) is 0 Å². The maximum absolute atomic E-state index is 12.3. The number of benzene rings is 2. The van der Waals surface area contributed by atoms with Crippen molar-refractivity contribution >= 4 is 17.5 Å². The summed E-state index contributed by atoms with van der Waals surface area (Å²) in [6.45, 7) is 3.93. The molecule has 1 N–H and O–H groups in total. The molecule has 0 aromatic heterocycles. The Morgan fingerprint density at radius 3 is 2.48 bits per heavy atom. The van der Waals surface area contributed by atoms with E-state index in [2.05, 4.69) is 34.5 Å². The van der Waals surface area contributed by atoms with Crippen LogP contribution >= 0.6 is 11.6 Å². The predicted molar refractivity (Wildman–Crippen MR) is 109 cm³/mol. The normalized spacial score (nSPS) is 14.7. The van der Waals surface area contributed by atoms with E-state index in [1.54, 1.807) is 25.3 Å². The molecule has 4 nitrogen and oxygen atoms in total. The molecule has 1 amide bonds. The van der Waals surface area contributed by atoms with Gasteiger partial charge >= 0.3 is 0 Å². The Kier molecular flexibility index (Phi) is 7.13. The van der Waals surface area contributed by atoms with Gasteiger partial charge in [0, 0.05) is 23.7 Å². The van der Waals surface area contributed by atoms with Crippen LogP contribution in [-0.4, -0.2) is 31.0 Å². The number of methoxy groups -OCH3 is 1. The summed E-state index contributed by atoms with van der Waals surface area (Å²) in [6.07, 6.45) is 4.22. The lowest BCUT2D eigenvalue weighted by Crippen LogP contribution is -2.29. The summed E-state index contributed by atoms with van der Waals surface area (Å²) < 4.78 is 5.30. The predicted octanol–water partition coefficient (Wildman–Crippen LogP) is 4.19. The fourth-order valence-corrected chi connectivity index (χ4v) is 3.65. The number of amides is 1. The highest BCUT2D eigenvalue weighted by Gasteiger charge is 2.11. The first-order chi connectivity index (χ1) is 13.1. The Hall–Kier alpha value is -2.04. The fourth-order valence-electron chi connectivity index (χ4n) is 3.46. The Labute approximate surface area is 166 Å². The number of nitrogens with zero attached hydrogens (tertiary/aromatic N) is 1. The molecule has 0 aliphatic carbocycles. The molecule has 1 fully saturated rings. The molecule has 0 spiro atoms. The summed E-state index contributed by atoms with van der Waals surface area (Å²) in [5.74, 6) is 0.629. The van der Waals surface area contributed by atoms with Gasteiger partial charge in [-0.2, -0.15) is 0 Å². The first-order valence-electron chi connectivity index (χ1n) is 9.53. The molecule has 0 saturated carbocycles. The standard InChI is InChI=1S/C22H27ClN2O2/c1-27-21-10-9-20(23)13-19(21)14-22(26)24-15-17-5-7-18(8-6-17)16-25-11-3-2-4-12-25/h5-10,13H,2-4,11-12,14-16H2,1H3,(H,24,26). The summed E-state index contributed by atoms with van der Waals surface area (Å²) in [5, 5.41) is 3.57. The Bertz CT molecular complexity index is 755. The van der Waals surface area contributed by atoms with Gasteiger partial charge in [0.1, 0.15) is 5.75 Å². The lowest BCUT2D eigenvalue weighted by atomic mass is 10.1. The first kappa shape index (κ1) is 19.7. The molecule has 0 radical (unpaired) electrons. The summed E-state index contributed by atoms with van der Waals surface area (Å²) in [7, 11) is 1.59. The third-order valence-corrected chi connectivity index (χ3v) is 5.20. The number of piperidine rings is 1. The van der Waals surface area contributed by atoms with E-state index in [9.17, 15) is 4.79 Å². The van der Waals surface area contributed by atoms with Crippen LogP contribution < -0.4 is 10.1 Å². The zero-order chi connectivity index (χ0) is 19.1. The van der Waals surface area contributed by atoms with Gasteiger partial charge in [-0.15, -0.1) is 0 Å². The molecule has 2 aromatic carbocycles. The minimum atomic E-state index is -0.0482. The zero-order valence-corrected chi connectivity index (χ0v) is 16.6. The van der Waals surface area contributed by atoms with E-state index in [1.165, 1.54) is 37.9 Å². The molecule has 3 rings (SSSR count).